The molecule has 1 aromatic carbocycles. The second-order valence-corrected chi connectivity index (χ2v) is 5.60. The van der Waals surface area contributed by atoms with Gasteiger partial charge in [-0.25, -0.2) is 9.59 Å². The fourth-order valence-corrected chi connectivity index (χ4v) is 2.01. The fourth-order valence-electron chi connectivity index (χ4n) is 2.01. The molecule has 0 fully saturated rings. The molecule has 0 radical (unpaired) electrons. The number of carboxylic acids is 4. The third-order valence-corrected chi connectivity index (χ3v) is 3.41. The SMILES string of the molecule is O=C(O)CCCCCCCCC(=O)O.O=C(O)c1ccc(C(=O)O)cc1. The van der Waals surface area contributed by atoms with Gasteiger partial charge in [-0.05, 0) is 37.1 Å². The van der Waals surface area contributed by atoms with E-state index < -0.39 is 23.9 Å². The lowest BCUT2D eigenvalue weighted by atomic mass is 10.1. The first-order chi connectivity index (χ1) is 12.2. The Bertz CT molecular complexity index is 539. The van der Waals surface area contributed by atoms with Gasteiger partial charge in [0.1, 0.15) is 0 Å². The molecule has 0 bridgehead atoms. The van der Waals surface area contributed by atoms with E-state index in [0.29, 0.717) is 0 Å². The van der Waals surface area contributed by atoms with Gasteiger partial charge in [0.2, 0.25) is 0 Å². The third kappa shape index (κ3) is 12.5. The van der Waals surface area contributed by atoms with Crippen molar-refractivity contribution in [2.45, 2.75) is 51.4 Å². The molecule has 0 amide bonds. The van der Waals surface area contributed by atoms with Crippen LogP contribution in [-0.4, -0.2) is 44.3 Å². The van der Waals surface area contributed by atoms with E-state index in [-0.39, 0.29) is 24.0 Å². The van der Waals surface area contributed by atoms with Crippen LogP contribution in [0.1, 0.15) is 72.1 Å². The molecule has 26 heavy (non-hydrogen) atoms. The summed E-state index contributed by atoms with van der Waals surface area (Å²) in [6.07, 6.45) is 5.82. The zero-order chi connectivity index (χ0) is 19.9. The Kier molecular flexibility index (Phi) is 11.9. The van der Waals surface area contributed by atoms with Gasteiger partial charge in [0.15, 0.2) is 0 Å². The Morgan fingerprint density at radius 2 is 0.808 bits per heavy atom. The van der Waals surface area contributed by atoms with Crippen LogP contribution >= 0.6 is 0 Å². The van der Waals surface area contributed by atoms with Crippen LogP contribution in [0.5, 0.6) is 0 Å². The summed E-state index contributed by atoms with van der Waals surface area (Å²) in [6, 6.07) is 5.02. The smallest absolute Gasteiger partial charge is 0.335 e. The Balaban J connectivity index is 0.000000485. The quantitative estimate of drug-likeness (QED) is 0.434. The molecule has 0 aromatic heterocycles. The summed E-state index contributed by atoms with van der Waals surface area (Å²) in [4.78, 5) is 41.0. The van der Waals surface area contributed by atoms with Crippen LogP contribution in [-0.2, 0) is 9.59 Å². The number of carboxylic acid groups (broad SMARTS) is 4. The summed E-state index contributed by atoms with van der Waals surface area (Å²) in [5, 5.41) is 33.6. The first-order valence-electron chi connectivity index (χ1n) is 8.24. The maximum atomic E-state index is 10.3. The lowest BCUT2D eigenvalue weighted by Crippen LogP contribution is -1.99. The summed E-state index contributed by atoms with van der Waals surface area (Å²) < 4.78 is 0. The predicted octanol–water partition coefficient (Wildman–Crippen LogP) is 3.36. The highest BCUT2D eigenvalue weighted by Gasteiger charge is 2.04. The van der Waals surface area contributed by atoms with E-state index in [4.69, 9.17) is 20.4 Å². The van der Waals surface area contributed by atoms with Crippen molar-refractivity contribution in [2.24, 2.45) is 0 Å². The molecular formula is C18H24O8. The number of aliphatic carboxylic acids is 2. The molecular weight excluding hydrogens is 344 g/mol. The van der Waals surface area contributed by atoms with E-state index in [2.05, 4.69) is 0 Å². The molecule has 0 heterocycles. The van der Waals surface area contributed by atoms with E-state index in [0.717, 1.165) is 38.5 Å². The van der Waals surface area contributed by atoms with Gasteiger partial charge in [-0.1, -0.05) is 25.7 Å². The molecule has 144 valence electrons. The highest BCUT2D eigenvalue weighted by Crippen LogP contribution is 2.08. The minimum absolute atomic E-state index is 0.0833. The Labute approximate surface area is 151 Å². The van der Waals surface area contributed by atoms with Crippen molar-refractivity contribution in [1.29, 1.82) is 0 Å². The average Bonchev–Trinajstić information content (AvgIpc) is 2.57. The van der Waals surface area contributed by atoms with Crippen LogP contribution < -0.4 is 0 Å². The highest BCUT2D eigenvalue weighted by molar-refractivity contribution is 5.91. The Morgan fingerprint density at radius 3 is 1.04 bits per heavy atom. The van der Waals surface area contributed by atoms with Gasteiger partial charge in [-0.15, -0.1) is 0 Å². The molecule has 0 aliphatic heterocycles. The van der Waals surface area contributed by atoms with Crippen LogP contribution in [0, 0.1) is 0 Å². The third-order valence-electron chi connectivity index (χ3n) is 3.41. The van der Waals surface area contributed by atoms with Gasteiger partial charge in [0.25, 0.3) is 0 Å². The Hall–Kier alpha value is -2.90. The van der Waals surface area contributed by atoms with Crippen molar-refractivity contribution in [1.82, 2.24) is 0 Å². The lowest BCUT2D eigenvalue weighted by molar-refractivity contribution is -0.138. The van der Waals surface area contributed by atoms with Gasteiger partial charge in [0.05, 0.1) is 11.1 Å². The molecule has 8 heteroatoms. The fraction of sp³-hybridized carbons (Fsp3) is 0.444. The summed E-state index contributed by atoms with van der Waals surface area (Å²) in [5.41, 5.74) is 0.167. The first kappa shape index (κ1) is 23.1. The number of carbonyl (C=O) groups is 4. The number of unbranched alkanes of at least 4 members (excludes halogenated alkanes) is 5. The van der Waals surface area contributed by atoms with Gasteiger partial charge >= 0.3 is 23.9 Å². The number of hydrogen-bond donors (Lipinski definition) is 4. The maximum Gasteiger partial charge on any atom is 0.335 e. The molecule has 4 N–H and O–H groups in total. The van der Waals surface area contributed by atoms with Gasteiger partial charge < -0.3 is 20.4 Å². The van der Waals surface area contributed by atoms with E-state index in [1.54, 1.807) is 0 Å². The molecule has 1 rings (SSSR count). The topological polar surface area (TPSA) is 149 Å². The zero-order valence-electron chi connectivity index (χ0n) is 14.4. The molecule has 8 nitrogen and oxygen atoms in total. The molecule has 0 saturated heterocycles. The molecule has 0 saturated carbocycles. The second kappa shape index (κ2) is 13.4. The molecule has 1 aromatic rings. The van der Waals surface area contributed by atoms with E-state index in [9.17, 15) is 19.2 Å². The van der Waals surface area contributed by atoms with Crippen molar-refractivity contribution >= 4 is 23.9 Å². The standard InChI is InChI=1S/C10H18O4.C8H6O4/c11-9(12)7-5-3-1-2-4-6-8-10(13)14;9-7(10)5-1-2-6(4-3-5)8(11)12/h1-8H2,(H,11,12)(H,13,14);1-4H,(H,9,10)(H,11,12). The number of benzene rings is 1. The highest BCUT2D eigenvalue weighted by atomic mass is 16.4. The first-order valence-corrected chi connectivity index (χ1v) is 8.24. The van der Waals surface area contributed by atoms with Crippen molar-refractivity contribution in [3.05, 3.63) is 35.4 Å². The summed E-state index contributed by atoms with van der Waals surface area (Å²) >= 11 is 0. The monoisotopic (exact) mass is 368 g/mol. The van der Waals surface area contributed by atoms with Crippen LogP contribution in [0.3, 0.4) is 0 Å². The molecule has 0 unspecified atom stereocenters. The normalized spacial score (nSPS) is 9.69. The second-order valence-electron chi connectivity index (χ2n) is 5.60. The maximum absolute atomic E-state index is 10.3. The van der Waals surface area contributed by atoms with Crippen molar-refractivity contribution in [2.75, 3.05) is 0 Å². The molecule has 0 atom stereocenters. The van der Waals surface area contributed by atoms with Gasteiger partial charge in [-0.3, -0.25) is 9.59 Å². The number of aromatic carboxylic acids is 2. The van der Waals surface area contributed by atoms with Crippen LogP contribution in [0.15, 0.2) is 24.3 Å². The number of hydrogen-bond acceptors (Lipinski definition) is 4. The van der Waals surface area contributed by atoms with Crippen LogP contribution in [0.2, 0.25) is 0 Å². The largest absolute Gasteiger partial charge is 0.481 e. The molecule has 0 spiro atoms. The summed E-state index contributed by atoms with van der Waals surface area (Å²) in [7, 11) is 0. The minimum atomic E-state index is -1.06. The van der Waals surface area contributed by atoms with Crippen LogP contribution in [0.25, 0.3) is 0 Å². The van der Waals surface area contributed by atoms with Crippen molar-refractivity contribution in [3.8, 4) is 0 Å². The average molecular weight is 368 g/mol. The lowest BCUT2D eigenvalue weighted by Gasteiger charge is -1.98. The van der Waals surface area contributed by atoms with Gasteiger partial charge in [0, 0.05) is 12.8 Å². The predicted molar refractivity (Wildman–Crippen MR) is 92.6 cm³/mol. The van der Waals surface area contributed by atoms with Gasteiger partial charge in [-0.2, -0.15) is 0 Å². The van der Waals surface area contributed by atoms with Crippen LogP contribution in [0.4, 0.5) is 0 Å². The van der Waals surface area contributed by atoms with E-state index in [1.807, 2.05) is 0 Å². The summed E-state index contributed by atoms with van der Waals surface area (Å²) in [5.74, 6) is -3.61. The minimum Gasteiger partial charge on any atom is -0.481 e. The molecule has 0 aliphatic carbocycles. The molecule has 0 aliphatic rings. The Morgan fingerprint density at radius 1 is 0.538 bits per heavy atom. The zero-order valence-corrected chi connectivity index (χ0v) is 14.4. The van der Waals surface area contributed by atoms with Crippen molar-refractivity contribution < 1.29 is 39.6 Å². The van der Waals surface area contributed by atoms with Crippen molar-refractivity contribution in [3.63, 3.8) is 0 Å². The number of rotatable bonds is 11. The van der Waals surface area contributed by atoms with E-state index >= 15 is 0 Å². The summed E-state index contributed by atoms with van der Waals surface area (Å²) in [6.45, 7) is 0. The van der Waals surface area contributed by atoms with E-state index in [1.165, 1.54) is 24.3 Å².